The molecule has 1 aliphatic rings. The summed E-state index contributed by atoms with van der Waals surface area (Å²) in [6, 6.07) is 25.5. The highest BCUT2D eigenvalue weighted by molar-refractivity contribution is 5.64. The van der Waals surface area contributed by atoms with E-state index in [1.165, 1.54) is 27.8 Å². The molecule has 0 bridgehead atoms. The Morgan fingerprint density at radius 2 is 1.78 bits per heavy atom. The first-order chi connectivity index (χ1) is 13.2. The third-order valence-corrected chi connectivity index (χ3v) is 5.15. The van der Waals surface area contributed by atoms with Crippen LogP contribution in [0.5, 0.6) is 5.75 Å². The van der Waals surface area contributed by atoms with E-state index in [9.17, 15) is 0 Å². The molecule has 0 fully saturated rings. The van der Waals surface area contributed by atoms with E-state index in [2.05, 4.69) is 72.6 Å². The van der Waals surface area contributed by atoms with Crippen molar-refractivity contribution in [3.8, 4) is 16.9 Å². The van der Waals surface area contributed by atoms with Gasteiger partial charge >= 0.3 is 0 Å². The fourth-order valence-electron chi connectivity index (χ4n) is 3.74. The van der Waals surface area contributed by atoms with Crippen LogP contribution in [0, 0.1) is 0 Å². The maximum absolute atomic E-state index is 6.09. The Labute approximate surface area is 161 Å². The smallest absolute Gasteiger partial charge is 0.137 e. The Morgan fingerprint density at radius 1 is 0.963 bits per heavy atom. The van der Waals surface area contributed by atoms with Crippen molar-refractivity contribution in [1.82, 2.24) is 4.90 Å². The van der Waals surface area contributed by atoms with Gasteiger partial charge < -0.3 is 9.47 Å². The van der Waals surface area contributed by atoms with Gasteiger partial charge in [0.2, 0.25) is 0 Å². The first kappa shape index (κ1) is 17.8. The lowest BCUT2D eigenvalue weighted by Crippen LogP contribution is -2.30. The summed E-state index contributed by atoms with van der Waals surface area (Å²) in [5, 5.41) is 0. The minimum absolute atomic E-state index is 0.0135. The topological polar surface area (TPSA) is 21.7 Å². The van der Waals surface area contributed by atoms with Crippen LogP contribution < -0.4 is 4.74 Å². The van der Waals surface area contributed by atoms with E-state index < -0.39 is 0 Å². The molecule has 1 heterocycles. The summed E-state index contributed by atoms with van der Waals surface area (Å²) < 4.78 is 11.3. The van der Waals surface area contributed by atoms with Gasteiger partial charge in [0.05, 0.1) is 13.7 Å². The predicted octanol–water partition coefficient (Wildman–Crippen LogP) is 5.07. The van der Waals surface area contributed by atoms with Gasteiger partial charge in [-0.15, -0.1) is 0 Å². The molecule has 27 heavy (non-hydrogen) atoms. The molecule has 0 aromatic heterocycles. The van der Waals surface area contributed by atoms with Crippen molar-refractivity contribution >= 4 is 0 Å². The fraction of sp³-hybridized carbons (Fsp3) is 0.250. The molecule has 0 saturated carbocycles. The monoisotopic (exact) mass is 359 g/mol. The maximum Gasteiger partial charge on any atom is 0.137 e. The van der Waals surface area contributed by atoms with Crippen molar-refractivity contribution < 1.29 is 9.47 Å². The quantitative estimate of drug-likeness (QED) is 0.635. The van der Waals surface area contributed by atoms with Crippen LogP contribution in [0.1, 0.15) is 22.9 Å². The van der Waals surface area contributed by atoms with Gasteiger partial charge in [-0.05, 0) is 59.5 Å². The zero-order chi connectivity index (χ0) is 18.6. The number of nitrogens with zero attached hydrogens (tertiary/aromatic N) is 1. The molecule has 3 aromatic rings. The molecule has 4 rings (SSSR count). The SMILES string of the molecule is COc1ccc(-c2cccc(CN(C)C3OCCc4ccccc43)c2)cc1. The molecule has 0 amide bonds. The van der Waals surface area contributed by atoms with Crippen LogP contribution in [0.15, 0.2) is 72.8 Å². The Hall–Kier alpha value is -2.62. The van der Waals surface area contributed by atoms with Gasteiger partial charge in [-0.2, -0.15) is 0 Å². The number of hydrogen-bond acceptors (Lipinski definition) is 3. The van der Waals surface area contributed by atoms with E-state index >= 15 is 0 Å². The van der Waals surface area contributed by atoms with Crippen LogP contribution in [-0.2, 0) is 17.7 Å². The van der Waals surface area contributed by atoms with E-state index in [0.717, 1.165) is 25.3 Å². The average Bonchev–Trinajstić information content (AvgIpc) is 2.73. The van der Waals surface area contributed by atoms with E-state index in [0.29, 0.717) is 0 Å². The summed E-state index contributed by atoms with van der Waals surface area (Å²) in [5.74, 6) is 0.878. The molecular formula is C24H25NO2. The molecule has 0 N–H and O–H groups in total. The van der Waals surface area contributed by atoms with Gasteiger partial charge in [-0.1, -0.05) is 54.6 Å². The van der Waals surface area contributed by atoms with E-state index in [-0.39, 0.29) is 6.23 Å². The number of fused-ring (bicyclic) bond motifs is 1. The van der Waals surface area contributed by atoms with Crippen molar-refractivity contribution in [3.05, 3.63) is 89.5 Å². The van der Waals surface area contributed by atoms with E-state index in [1.807, 2.05) is 12.1 Å². The van der Waals surface area contributed by atoms with Gasteiger partial charge in [0.1, 0.15) is 12.0 Å². The number of methoxy groups -OCH3 is 1. The largest absolute Gasteiger partial charge is 0.497 e. The molecule has 1 unspecified atom stereocenters. The van der Waals surface area contributed by atoms with Crippen LogP contribution in [0.2, 0.25) is 0 Å². The Bertz CT molecular complexity index is 904. The highest BCUT2D eigenvalue weighted by Crippen LogP contribution is 2.30. The maximum atomic E-state index is 6.09. The van der Waals surface area contributed by atoms with Crippen molar-refractivity contribution in [1.29, 1.82) is 0 Å². The second kappa shape index (κ2) is 7.95. The standard InChI is InChI=1S/C24H25NO2/c1-25(24-23-9-4-3-7-20(23)14-15-27-24)17-18-6-5-8-21(16-18)19-10-12-22(26-2)13-11-19/h3-13,16,24H,14-15,17H2,1-2H3. The first-order valence-corrected chi connectivity index (χ1v) is 9.37. The molecule has 0 spiro atoms. The van der Waals surface area contributed by atoms with Gasteiger partial charge in [-0.25, -0.2) is 0 Å². The van der Waals surface area contributed by atoms with Gasteiger partial charge in [0, 0.05) is 6.54 Å². The molecule has 0 aliphatic carbocycles. The molecule has 0 saturated heterocycles. The third kappa shape index (κ3) is 3.90. The second-order valence-corrected chi connectivity index (χ2v) is 7.02. The summed E-state index contributed by atoms with van der Waals surface area (Å²) >= 11 is 0. The first-order valence-electron chi connectivity index (χ1n) is 9.37. The highest BCUT2D eigenvalue weighted by Gasteiger charge is 2.24. The molecule has 138 valence electrons. The normalized spacial score (nSPS) is 16.2. The van der Waals surface area contributed by atoms with Gasteiger partial charge in [0.25, 0.3) is 0 Å². The molecule has 3 nitrogen and oxygen atoms in total. The summed E-state index contributed by atoms with van der Waals surface area (Å²) in [4.78, 5) is 2.28. The van der Waals surface area contributed by atoms with Crippen molar-refractivity contribution in [3.63, 3.8) is 0 Å². The number of ether oxygens (including phenoxy) is 2. The molecular weight excluding hydrogens is 334 g/mol. The average molecular weight is 359 g/mol. The van der Waals surface area contributed by atoms with Crippen LogP contribution in [0.4, 0.5) is 0 Å². The fourth-order valence-corrected chi connectivity index (χ4v) is 3.74. The zero-order valence-electron chi connectivity index (χ0n) is 15.9. The summed E-state index contributed by atoms with van der Waals surface area (Å²) in [5.41, 5.74) is 6.37. The van der Waals surface area contributed by atoms with Crippen molar-refractivity contribution in [2.24, 2.45) is 0 Å². The summed E-state index contributed by atoms with van der Waals surface area (Å²) in [7, 11) is 3.82. The summed E-state index contributed by atoms with van der Waals surface area (Å²) in [6.45, 7) is 1.61. The van der Waals surface area contributed by atoms with Crippen molar-refractivity contribution in [2.45, 2.75) is 19.2 Å². The lowest BCUT2D eigenvalue weighted by atomic mass is 10.00. The molecule has 1 atom stereocenters. The highest BCUT2D eigenvalue weighted by atomic mass is 16.5. The number of benzene rings is 3. The van der Waals surface area contributed by atoms with Gasteiger partial charge in [0.15, 0.2) is 0 Å². The van der Waals surface area contributed by atoms with Crippen LogP contribution in [0.3, 0.4) is 0 Å². The lowest BCUT2D eigenvalue weighted by Gasteiger charge is -2.33. The third-order valence-electron chi connectivity index (χ3n) is 5.15. The molecule has 0 radical (unpaired) electrons. The Kier molecular flexibility index (Phi) is 5.23. The molecule has 3 aromatic carbocycles. The summed E-state index contributed by atoms with van der Waals surface area (Å²) in [6.07, 6.45) is 1.01. The van der Waals surface area contributed by atoms with Crippen LogP contribution >= 0.6 is 0 Å². The lowest BCUT2D eigenvalue weighted by molar-refractivity contribution is -0.0624. The van der Waals surface area contributed by atoms with E-state index in [1.54, 1.807) is 7.11 Å². The Balaban J connectivity index is 1.53. The Morgan fingerprint density at radius 3 is 2.59 bits per heavy atom. The second-order valence-electron chi connectivity index (χ2n) is 7.02. The zero-order valence-corrected chi connectivity index (χ0v) is 15.9. The number of rotatable bonds is 5. The predicted molar refractivity (Wildman–Crippen MR) is 109 cm³/mol. The van der Waals surface area contributed by atoms with Crippen molar-refractivity contribution in [2.75, 3.05) is 20.8 Å². The van der Waals surface area contributed by atoms with E-state index in [4.69, 9.17) is 9.47 Å². The molecule has 1 aliphatic heterocycles. The van der Waals surface area contributed by atoms with Crippen LogP contribution in [-0.4, -0.2) is 25.7 Å². The minimum Gasteiger partial charge on any atom is -0.497 e. The molecule has 3 heteroatoms. The number of hydrogen-bond donors (Lipinski definition) is 0. The van der Waals surface area contributed by atoms with Crippen LogP contribution in [0.25, 0.3) is 11.1 Å². The minimum atomic E-state index is 0.0135. The van der Waals surface area contributed by atoms with Gasteiger partial charge in [-0.3, -0.25) is 4.90 Å².